The largest absolute Gasteiger partial charge is 0.478 e. The van der Waals surface area contributed by atoms with E-state index in [0.717, 1.165) is 38.2 Å². The molecule has 110 valence electrons. The van der Waals surface area contributed by atoms with Crippen molar-refractivity contribution in [3.05, 3.63) is 28.8 Å². The Morgan fingerprint density at radius 1 is 1.45 bits per heavy atom. The molecule has 0 aromatic heterocycles. The summed E-state index contributed by atoms with van der Waals surface area (Å²) in [5.74, 6) is -0.986. The highest BCUT2D eigenvalue weighted by Crippen LogP contribution is 2.27. The molecule has 0 saturated carbocycles. The van der Waals surface area contributed by atoms with Gasteiger partial charge in [-0.15, -0.1) is 0 Å². The summed E-state index contributed by atoms with van der Waals surface area (Å²) in [6, 6.07) is 5.65. The Bertz CT molecular complexity index is 485. The van der Waals surface area contributed by atoms with Crippen LogP contribution in [0.5, 0.6) is 0 Å². The van der Waals surface area contributed by atoms with Gasteiger partial charge in [-0.1, -0.05) is 18.5 Å². The van der Waals surface area contributed by atoms with E-state index in [9.17, 15) is 4.79 Å². The number of likely N-dealkylation sites (tertiary alicyclic amines) is 1. The number of halogens is 1. The van der Waals surface area contributed by atoms with E-state index in [1.165, 1.54) is 0 Å². The van der Waals surface area contributed by atoms with Crippen LogP contribution in [0.2, 0.25) is 5.02 Å². The van der Waals surface area contributed by atoms with Crippen molar-refractivity contribution >= 4 is 23.3 Å². The van der Waals surface area contributed by atoms with Crippen LogP contribution in [0, 0.1) is 0 Å². The second-order valence-corrected chi connectivity index (χ2v) is 5.65. The van der Waals surface area contributed by atoms with Gasteiger partial charge in [0.1, 0.15) is 0 Å². The van der Waals surface area contributed by atoms with Crippen LogP contribution in [0.25, 0.3) is 0 Å². The van der Waals surface area contributed by atoms with Crippen molar-refractivity contribution in [1.82, 2.24) is 4.90 Å². The van der Waals surface area contributed by atoms with E-state index in [0.29, 0.717) is 11.1 Å². The number of nitrogens with zero attached hydrogens (tertiary/aromatic N) is 2. The monoisotopic (exact) mass is 296 g/mol. The topological polar surface area (TPSA) is 43.8 Å². The van der Waals surface area contributed by atoms with Gasteiger partial charge in [0.05, 0.1) is 10.6 Å². The zero-order chi connectivity index (χ0) is 14.7. The first-order valence-corrected chi connectivity index (χ1v) is 7.38. The van der Waals surface area contributed by atoms with Gasteiger partial charge in [0.15, 0.2) is 0 Å². The lowest BCUT2D eigenvalue weighted by Crippen LogP contribution is -2.43. The number of carboxylic acids is 1. The van der Waals surface area contributed by atoms with Crippen LogP contribution in [0.3, 0.4) is 0 Å². The maximum atomic E-state index is 11.0. The maximum Gasteiger partial charge on any atom is 0.337 e. The lowest BCUT2D eigenvalue weighted by Gasteiger charge is -2.37. The summed E-state index contributed by atoms with van der Waals surface area (Å²) in [6.07, 6.45) is 2.26. The Balaban J connectivity index is 2.08. The Kier molecular flexibility index (Phi) is 4.89. The number of rotatable bonds is 4. The predicted octanol–water partition coefficient (Wildman–Crippen LogP) is 2.96. The van der Waals surface area contributed by atoms with Gasteiger partial charge in [-0.3, -0.25) is 0 Å². The van der Waals surface area contributed by atoms with Crippen LogP contribution in [0.1, 0.15) is 30.1 Å². The Morgan fingerprint density at radius 3 is 2.60 bits per heavy atom. The highest BCUT2D eigenvalue weighted by atomic mass is 35.5. The standard InChI is InChI=1S/C15H21ClN2O2/c1-3-18-8-6-11(7-9-18)17(2)12-4-5-13(15(19)20)14(16)10-12/h4-5,10-11H,3,6-9H2,1-2H3,(H,19,20). The Morgan fingerprint density at radius 2 is 2.10 bits per heavy atom. The number of aromatic carboxylic acids is 1. The summed E-state index contributed by atoms with van der Waals surface area (Å²) < 4.78 is 0. The SMILES string of the molecule is CCN1CCC(N(C)c2ccc(C(=O)O)c(Cl)c2)CC1. The van der Waals surface area contributed by atoms with Crippen molar-refractivity contribution in [3.63, 3.8) is 0 Å². The average molecular weight is 297 g/mol. The van der Waals surface area contributed by atoms with Crippen molar-refractivity contribution in [3.8, 4) is 0 Å². The zero-order valence-electron chi connectivity index (χ0n) is 12.0. The lowest BCUT2D eigenvalue weighted by molar-refractivity contribution is 0.0697. The Hall–Kier alpha value is -1.26. The van der Waals surface area contributed by atoms with Crippen molar-refractivity contribution in [2.75, 3.05) is 31.6 Å². The van der Waals surface area contributed by atoms with Crippen LogP contribution < -0.4 is 4.90 Å². The van der Waals surface area contributed by atoms with Gasteiger partial charge in [0.25, 0.3) is 0 Å². The third-order valence-electron chi connectivity index (χ3n) is 4.14. The molecule has 0 unspecified atom stereocenters. The molecule has 1 saturated heterocycles. The van der Waals surface area contributed by atoms with Gasteiger partial charge in [-0.25, -0.2) is 4.79 Å². The molecular weight excluding hydrogens is 276 g/mol. The van der Waals surface area contributed by atoms with Gasteiger partial charge in [0, 0.05) is 31.9 Å². The van der Waals surface area contributed by atoms with Crippen molar-refractivity contribution in [1.29, 1.82) is 0 Å². The van der Waals surface area contributed by atoms with Crippen LogP contribution in [-0.2, 0) is 0 Å². The first kappa shape index (κ1) is 15.1. The fraction of sp³-hybridized carbons (Fsp3) is 0.533. The molecular formula is C15H21ClN2O2. The number of hydrogen-bond acceptors (Lipinski definition) is 3. The number of piperidine rings is 1. The van der Waals surface area contributed by atoms with E-state index in [1.54, 1.807) is 12.1 Å². The summed E-state index contributed by atoms with van der Waals surface area (Å²) in [5.41, 5.74) is 1.14. The molecule has 4 nitrogen and oxygen atoms in total. The quantitative estimate of drug-likeness (QED) is 0.928. The van der Waals surface area contributed by atoms with E-state index in [2.05, 4.69) is 23.8 Å². The molecule has 2 rings (SSSR count). The van der Waals surface area contributed by atoms with Gasteiger partial charge in [-0.2, -0.15) is 0 Å². The first-order valence-electron chi connectivity index (χ1n) is 7.01. The molecule has 1 aliphatic rings. The predicted molar refractivity (Wildman–Crippen MR) is 82.0 cm³/mol. The third kappa shape index (κ3) is 3.25. The fourth-order valence-electron chi connectivity index (χ4n) is 2.73. The molecule has 1 heterocycles. The number of anilines is 1. The van der Waals surface area contributed by atoms with E-state index in [-0.39, 0.29) is 5.56 Å². The molecule has 20 heavy (non-hydrogen) atoms. The van der Waals surface area contributed by atoms with E-state index < -0.39 is 5.97 Å². The summed E-state index contributed by atoms with van der Waals surface area (Å²) in [5, 5.41) is 9.30. The molecule has 0 atom stereocenters. The molecule has 0 bridgehead atoms. The van der Waals surface area contributed by atoms with E-state index in [4.69, 9.17) is 16.7 Å². The minimum atomic E-state index is -0.986. The number of carbonyl (C=O) groups is 1. The van der Waals surface area contributed by atoms with Crippen LogP contribution in [0.15, 0.2) is 18.2 Å². The molecule has 0 aliphatic carbocycles. The van der Waals surface area contributed by atoms with Gasteiger partial charge < -0.3 is 14.9 Å². The summed E-state index contributed by atoms with van der Waals surface area (Å²) >= 11 is 6.04. The molecule has 0 radical (unpaired) electrons. The highest BCUT2D eigenvalue weighted by Gasteiger charge is 2.22. The molecule has 5 heteroatoms. The maximum absolute atomic E-state index is 11.0. The lowest BCUT2D eigenvalue weighted by atomic mass is 10.0. The molecule has 0 spiro atoms. The molecule has 1 fully saturated rings. The van der Waals surface area contributed by atoms with Gasteiger partial charge in [0.2, 0.25) is 0 Å². The van der Waals surface area contributed by atoms with Gasteiger partial charge in [-0.05, 0) is 37.6 Å². The average Bonchev–Trinajstić information content (AvgIpc) is 2.46. The van der Waals surface area contributed by atoms with Crippen molar-refractivity contribution < 1.29 is 9.90 Å². The number of benzene rings is 1. The summed E-state index contributed by atoms with van der Waals surface area (Å²) in [4.78, 5) is 15.6. The number of carboxylic acid groups (broad SMARTS) is 1. The molecule has 1 N–H and O–H groups in total. The zero-order valence-corrected chi connectivity index (χ0v) is 12.7. The Labute approximate surface area is 124 Å². The normalized spacial score (nSPS) is 17.1. The smallest absolute Gasteiger partial charge is 0.337 e. The van der Waals surface area contributed by atoms with Crippen molar-refractivity contribution in [2.45, 2.75) is 25.8 Å². The molecule has 1 aromatic rings. The molecule has 1 aromatic carbocycles. The van der Waals surface area contributed by atoms with Crippen molar-refractivity contribution in [2.24, 2.45) is 0 Å². The van der Waals surface area contributed by atoms with E-state index >= 15 is 0 Å². The minimum Gasteiger partial charge on any atom is -0.478 e. The second kappa shape index (κ2) is 6.46. The molecule has 0 amide bonds. The van der Waals surface area contributed by atoms with E-state index in [1.807, 2.05) is 6.07 Å². The minimum absolute atomic E-state index is 0.157. The summed E-state index contributed by atoms with van der Waals surface area (Å²) in [7, 11) is 2.05. The number of hydrogen-bond donors (Lipinski definition) is 1. The second-order valence-electron chi connectivity index (χ2n) is 5.25. The molecule has 1 aliphatic heterocycles. The summed E-state index contributed by atoms with van der Waals surface area (Å²) in [6.45, 7) is 5.53. The first-order chi connectivity index (χ1) is 9.52. The van der Waals surface area contributed by atoms with Crippen LogP contribution in [-0.4, -0.2) is 48.7 Å². The van der Waals surface area contributed by atoms with Crippen LogP contribution >= 0.6 is 11.6 Å². The van der Waals surface area contributed by atoms with Gasteiger partial charge >= 0.3 is 5.97 Å². The fourth-order valence-corrected chi connectivity index (χ4v) is 2.99. The van der Waals surface area contributed by atoms with Crippen LogP contribution in [0.4, 0.5) is 5.69 Å². The highest BCUT2D eigenvalue weighted by molar-refractivity contribution is 6.33. The third-order valence-corrected chi connectivity index (χ3v) is 4.46.